The maximum absolute atomic E-state index is 13.3. The Bertz CT molecular complexity index is 1220. The smallest absolute Gasteiger partial charge is 0.240 e. The highest BCUT2D eigenvalue weighted by atomic mass is 32.2. The van der Waals surface area contributed by atoms with Crippen molar-refractivity contribution >= 4 is 21.4 Å². The molecule has 0 saturated carbocycles. The van der Waals surface area contributed by atoms with Gasteiger partial charge in [-0.2, -0.15) is 0 Å². The van der Waals surface area contributed by atoms with Crippen molar-refractivity contribution in [2.75, 3.05) is 56.6 Å². The van der Waals surface area contributed by atoms with Crippen LogP contribution < -0.4 is 14.5 Å². The lowest BCUT2D eigenvalue weighted by Gasteiger charge is -2.40. The van der Waals surface area contributed by atoms with Crippen LogP contribution in [0.1, 0.15) is 22.7 Å². The van der Waals surface area contributed by atoms with E-state index in [9.17, 15) is 8.42 Å². The standard InChI is InChI=1S/C28H36N4O2S/c1-22-10-11-23(2)28(20-22)35(33,34)29-21-27(24-12-14-25(15-13-24)30(3)4)32-18-16-31(17-19-32)26-8-6-5-7-9-26/h5-15,20,27,29H,16-19,21H2,1-4H3. The molecule has 1 atom stereocenters. The highest BCUT2D eigenvalue weighted by molar-refractivity contribution is 7.89. The topological polar surface area (TPSA) is 55.9 Å². The molecule has 3 aromatic rings. The number of benzene rings is 3. The number of sulfonamides is 1. The summed E-state index contributed by atoms with van der Waals surface area (Å²) in [6.45, 7) is 7.61. The first kappa shape index (κ1) is 25.2. The summed E-state index contributed by atoms with van der Waals surface area (Å²) < 4.78 is 29.4. The zero-order valence-corrected chi connectivity index (χ0v) is 21.9. The minimum absolute atomic E-state index is 0.0518. The summed E-state index contributed by atoms with van der Waals surface area (Å²) in [4.78, 5) is 7.22. The number of hydrogen-bond donors (Lipinski definition) is 1. The van der Waals surface area contributed by atoms with Crippen molar-refractivity contribution in [2.24, 2.45) is 0 Å². The quantitative estimate of drug-likeness (QED) is 0.511. The molecule has 1 fully saturated rings. The Morgan fingerprint density at radius 1 is 0.886 bits per heavy atom. The van der Waals surface area contributed by atoms with Gasteiger partial charge in [0.25, 0.3) is 0 Å². The number of anilines is 2. The van der Waals surface area contributed by atoms with E-state index in [1.165, 1.54) is 5.69 Å². The van der Waals surface area contributed by atoms with Crippen molar-refractivity contribution in [3.63, 3.8) is 0 Å². The molecule has 0 spiro atoms. The lowest BCUT2D eigenvalue weighted by Crippen LogP contribution is -2.50. The minimum Gasteiger partial charge on any atom is -0.378 e. The number of rotatable bonds is 8. The maximum atomic E-state index is 13.3. The first-order valence-electron chi connectivity index (χ1n) is 12.1. The number of para-hydroxylation sites is 1. The largest absolute Gasteiger partial charge is 0.378 e. The van der Waals surface area contributed by atoms with Crippen molar-refractivity contribution in [1.29, 1.82) is 0 Å². The molecule has 1 aliphatic heterocycles. The molecule has 0 aliphatic carbocycles. The monoisotopic (exact) mass is 492 g/mol. The van der Waals surface area contributed by atoms with Crippen LogP contribution in [0.4, 0.5) is 11.4 Å². The second-order valence-electron chi connectivity index (χ2n) is 9.48. The average molecular weight is 493 g/mol. The van der Waals surface area contributed by atoms with Gasteiger partial charge in [0.1, 0.15) is 0 Å². The molecule has 0 aromatic heterocycles. The number of nitrogens with one attached hydrogen (secondary N) is 1. The molecule has 0 bridgehead atoms. The van der Waals surface area contributed by atoms with Crippen molar-refractivity contribution in [2.45, 2.75) is 24.8 Å². The minimum atomic E-state index is -3.63. The van der Waals surface area contributed by atoms with E-state index in [4.69, 9.17) is 0 Å². The van der Waals surface area contributed by atoms with Crippen LogP contribution >= 0.6 is 0 Å². The Morgan fingerprint density at radius 2 is 1.54 bits per heavy atom. The van der Waals surface area contributed by atoms with E-state index in [0.29, 0.717) is 11.4 Å². The van der Waals surface area contributed by atoms with Gasteiger partial charge in [-0.25, -0.2) is 13.1 Å². The Labute approximate surface area is 210 Å². The Kier molecular flexibility index (Phi) is 7.79. The Hall–Kier alpha value is -2.87. The van der Waals surface area contributed by atoms with Crippen LogP contribution in [0.15, 0.2) is 77.7 Å². The van der Waals surface area contributed by atoms with Crippen molar-refractivity contribution in [3.8, 4) is 0 Å². The van der Waals surface area contributed by atoms with Crippen LogP contribution in [0.2, 0.25) is 0 Å². The molecule has 1 aliphatic rings. The first-order chi connectivity index (χ1) is 16.7. The van der Waals surface area contributed by atoms with E-state index in [1.54, 1.807) is 6.07 Å². The molecule has 0 amide bonds. The van der Waals surface area contributed by atoms with Crippen molar-refractivity contribution in [1.82, 2.24) is 9.62 Å². The fraction of sp³-hybridized carbons (Fsp3) is 0.357. The highest BCUT2D eigenvalue weighted by Gasteiger charge is 2.27. The third-order valence-electron chi connectivity index (χ3n) is 6.77. The molecule has 1 heterocycles. The van der Waals surface area contributed by atoms with E-state index in [0.717, 1.165) is 48.6 Å². The second-order valence-corrected chi connectivity index (χ2v) is 11.2. The number of nitrogens with zero attached hydrogens (tertiary/aromatic N) is 3. The molecule has 7 heteroatoms. The van der Waals surface area contributed by atoms with Crippen LogP contribution in [-0.2, 0) is 10.0 Å². The van der Waals surface area contributed by atoms with Gasteiger partial charge in [0, 0.05) is 64.2 Å². The molecule has 186 valence electrons. The first-order valence-corrected chi connectivity index (χ1v) is 13.6. The predicted molar refractivity (Wildman–Crippen MR) is 145 cm³/mol. The van der Waals surface area contributed by atoms with Crippen molar-refractivity contribution < 1.29 is 8.42 Å². The average Bonchev–Trinajstić information content (AvgIpc) is 2.86. The summed E-state index contributed by atoms with van der Waals surface area (Å²) in [6, 6.07) is 24.4. The lowest BCUT2D eigenvalue weighted by atomic mass is 10.0. The maximum Gasteiger partial charge on any atom is 0.240 e. The van der Waals surface area contributed by atoms with Crippen LogP contribution in [-0.4, -0.2) is 60.1 Å². The zero-order chi connectivity index (χ0) is 25.0. The van der Waals surface area contributed by atoms with Gasteiger partial charge in [0.2, 0.25) is 10.0 Å². The fourth-order valence-corrected chi connectivity index (χ4v) is 6.01. The molecule has 0 radical (unpaired) electrons. The molecule has 4 rings (SSSR count). The molecule has 6 nitrogen and oxygen atoms in total. The number of piperazine rings is 1. The zero-order valence-electron chi connectivity index (χ0n) is 21.1. The molecule has 35 heavy (non-hydrogen) atoms. The lowest BCUT2D eigenvalue weighted by molar-refractivity contribution is 0.187. The van der Waals surface area contributed by atoms with E-state index < -0.39 is 10.0 Å². The van der Waals surface area contributed by atoms with Gasteiger partial charge in [-0.3, -0.25) is 4.90 Å². The van der Waals surface area contributed by atoms with E-state index in [2.05, 4.69) is 68.0 Å². The van der Waals surface area contributed by atoms with Gasteiger partial charge in [-0.1, -0.05) is 42.5 Å². The van der Waals surface area contributed by atoms with Crippen molar-refractivity contribution in [3.05, 3.63) is 89.5 Å². The Balaban J connectivity index is 1.54. The normalized spacial score (nSPS) is 15.7. The van der Waals surface area contributed by atoms with Crippen LogP contribution in [0.25, 0.3) is 0 Å². The molecule has 1 N–H and O–H groups in total. The fourth-order valence-electron chi connectivity index (χ4n) is 4.65. The second kappa shape index (κ2) is 10.8. The van der Waals surface area contributed by atoms with E-state index in [1.807, 2.05) is 46.1 Å². The van der Waals surface area contributed by atoms with E-state index in [-0.39, 0.29) is 6.04 Å². The number of hydrogen-bond acceptors (Lipinski definition) is 5. The van der Waals surface area contributed by atoms with Crippen LogP contribution in [0.5, 0.6) is 0 Å². The summed E-state index contributed by atoms with van der Waals surface area (Å²) in [7, 11) is 0.417. The highest BCUT2D eigenvalue weighted by Crippen LogP contribution is 2.26. The SMILES string of the molecule is Cc1ccc(C)c(S(=O)(=O)NCC(c2ccc(N(C)C)cc2)N2CCN(c3ccccc3)CC2)c1. The van der Waals surface area contributed by atoms with Gasteiger partial charge < -0.3 is 9.80 Å². The molecular weight excluding hydrogens is 456 g/mol. The van der Waals surface area contributed by atoms with Gasteiger partial charge in [-0.05, 0) is 60.9 Å². The molecule has 3 aromatic carbocycles. The molecule has 1 unspecified atom stereocenters. The van der Waals surface area contributed by atoms with Gasteiger partial charge in [-0.15, -0.1) is 0 Å². The summed E-state index contributed by atoms with van der Waals surface area (Å²) in [5, 5.41) is 0. The third-order valence-corrected chi connectivity index (χ3v) is 8.34. The van der Waals surface area contributed by atoms with Crippen LogP contribution in [0, 0.1) is 13.8 Å². The van der Waals surface area contributed by atoms with Gasteiger partial charge in [0.05, 0.1) is 4.90 Å². The molecular formula is C28H36N4O2S. The van der Waals surface area contributed by atoms with Crippen LogP contribution in [0.3, 0.4) is 0 Å². The van der Waals surface area contributed by atoms with E-state index >= 15 is 0 Å². The summed E-state index contributed by atoms with van der Waals surface area (Å²) in [5.74, 6) is 0. The van der Waals surface area contributed by atoms with Gasteiger partial charge >= 0.3 is 0 Å². The Morgan fingerprint density at radius 3 is 2.17 bits per heavy atom. The summed E-state index contributed by atoms with van der Waals surface area (Å²) in [5.41, 5.74) is 5.16. The number of aryl methyl sites for hydroxylation is 2. The predicted octanol–water partition coefficient (Wildman–Crippen LogP) is 4.21. The summed E-state index contributed by atoms with van der Waals surface area (Å²) in [6.07, 6.45) is 0. The third kappa shape index (κ3) is 6.04. The summed E-state index contributed by atoms with van der Waals surface area (Å²) >= 11 is 0. The molecule has 1 saturated heterocycles. The van der Waals surface area contributed by atoms with Gasteiger partial charge in [0.15, 0.2) is 0 Å².